The molecule has 44 heavy (non-hydrogen) atoms. The Bertz CT molecular complexity index is 2710. The van der Waals surface area contributed by atoms with Gasteiger partial charge in [-0.3, -0.25) is 0 Å². The minimum atomic E-state index is 0.940. The molecule has 0 aliphatic rings. The van der Waals surface area contributed by atoms with Crippen LogP contribution in [0.4, 0.5) is 0 Å². The van der Waals surface area contributed by atoms with Gasteiger partial charge >= 0.3 is 0 Å². The van der Waals surface area contributed by atoms with Crippen LogP contribution in [-0.4, -0.2) is 0 Å². The zero-order valence-corrected chi connectivity index (χ0v) is 24.5. The Balaban J connectivity index is 1.11. The molecule has 0 bridgehead atoms. The van der Waals surface area contributed by atoms with E-state index in [-0.39, 0.29) is 0 Å². The standard InChI is InChI=1S/C42H24OS/c1-3-9-31-28(7-1)21-29-8-2-4-10-32(29)41(31)26-15-13-25(14-16-26)27-18-20-39-35(22-27)36-23-30-17-19-38-42(34(30)24-40(36)44-39)33-11-5-6-12-37(33)43-38/h1-24H. The van der Waals surface area contributed by atoms with E-state index in [1.807, 2.05) is 17.4 Å². The van der Waals surface area contributed by atoms with Gasteiger partial charge in [-0.15, -0.1) is 11.3 Å². The average Bonchev–Trinajstić information content (AvgIpc) is 3.64. The number of furan rings is 1. The van der Waals surface area contributed by atoms with E-state index in [4.69, 9.17) is 4.42 Å². The van der Waals surface area contributed by atoms with Gasteiger partial charge in [0.2, 0.25) is 0 Å². The number of benzene rings is 8. The minimum absolute atomic E-state index is 0.940. The average molecular weight is 577 g/mol. The molecule has 0 unspecified atom stereocenters. The molecule has 0 atom stereocenters. The van der Waals surface area contributed by atoms with Crippen LogP contribution in [0.3, 0.4) is 0 Å². The molecule has 204 valence electrons. The van der Waals surface area contributed by atoms with Gasteiger partial charge in [0.15, 0.2) is 0 Å². The molecule has 10 aromatic rings. The second-order valence-corrected chi connectivity index (χ2v) is 12.8. The van der Waals surface area contributed by atoms with Crippen molar-refractivity contribution in [2.45, 2.75) is 0 Å². The normalized spacial score (nSPS) is 12.1. The molecule has 0 spiro atoms. The monoisotopic (exact) mass is 576 g/mol. The zero-order valence-electron chi connectivity index (χ0n) is 23.7. The Labute approximate surface area is 257 Å². The van der Waals surface area contributed by atoms with Crippen molar-refractivity contribution in [1.82, 2.24) is 0 Å². The summed E-state index contributed by atoms with van der Waals surface area (Å²) in [5, 5.41) is 12.6. The van der Waals surface area contributed by atoms with E-state index in [0.29, 0.717) is 0 Å². The highest BCUT2D eigenvalue weighted by Gasteiger charge is 2.14. The van der Waals surface area contributed by atoms with Crippen LogP contribution in [0.15, 0.2) is 150 Å². The topological polar surface area (TPSA) is 13.1 Å². The van der Waals surface area contributed by atoms with Crippen molar-refractivity contribution in [1.29, 1.82) is 0 Å². The van der Waals surface area contributed by atoms with Crippen LogP contribution in [0.25, 0.3) is 96.7 Å². The van der Waals surface area contributed by atoms with E-state index in [1.165, 1.54) is 85.5 Å². The van der Waals surface area contributed by atoms with E-state index in [0.717, 1.165) is 11.2 Å². The predicted molar refractivity (Wildman–Crippen MR) is 190 cm³/mol. The van der Waals surface area contributed by atoms with Gasteiger partial charge in [-0.25, -0.2) is 0 Å². The van der Waals surface area contributed by atoms with Gasteiger partial charge in [0.05, 0.1) is 0 Å². The second kappa shape index (κ2) is 9.03. The molecule has 0 fully saturated rings. The quantitative estimate of drug-likeness (QED) is 0.187. The first-order valence-electron chi connectivity index (χ1n) is 15.0. The van der Waals surface area contributed by atoms with E-state index < -0.39 is 0 Å². The highest BCUT2D eigenvalue weighted by atomic mass is 32.1. The Hall–Kier alpha value is -5.44. The van der Waals surface area contributed by atoms with Crippen LogP contribution in [0, 0.1) is 0 Å². The Kier molecular flexibility index (Phi) is 4.94. The molecule has 0 aliphatic carbocycles. The van der Waals surface area contributed by atoms with Crippen molar-refractivity contribution in [2.24, 2.45) is 0 Å². The van der Waals surface area contributed by atoms with Gasteiger partial charge in [-0.2, -0.15) is 0 Å². The number of hydrogen-bond acceptors (Lipinski definition) is 2. The second-order valence-electron chi connectivity index (χ2n) is 11.7. The van der Waals surface area contributed by atoms with Crippen molar-refractivity contribution in [3.8, 4) is 22.3 Å². The lowest BCUT2D eigenvalue weighted by molar-refractivity contribution is 0.669. The molecule has 1 nitrogen and oxygen atoms in total. The number of hydrogen-bond donors (Lipinski definition) is 0. The van der Waals surface area contributed by atoms with Crippen LogP contribution in [0.2, 0.25) is 0 Å². The van der Waals surface area contributed by atoms with Crippen LogP contribution < -0.4 is 0 Å². The first-order chi connectivity index (χ1) is 21.8. The van der Waals surface area contributed by atoms with E-state index in [2.05, 4.69) is 140 Å². The van der Waals surface area contributed by atoms with Gasteiger partial charge < -0.3 is 4.42 Å². The third-order valence-corrected chi connectivity index (χ3v) is 10.4. The van der Waals surface area contributed by atoms with Gasteiger partial charge in [-0.1, -0.05) is 103 Å². The first kappa shape index (κ1) is 24.0. The first-order valence-corrected chi connectivity index (χ1v) is 15.8. The number of para-hydroxylation sites is 1. The summed E-state index contributed by atoms with van der Waals surface area (Å²) in [5.41, 5.74) is 6.90. The van der Waals surface area contributed by atoms with Crippen molar-refractivity contribution in [3.63, 3.8) is 0 Å². The maximum Gasteiger partial charge on any atom is 0.136 e. The molecule has 10 rings (SSSR count). The third-order valence-electron chi connectivity index (χ3n) is 9.23. The molecule has 8 aromatic carbocycles. The molecule has 0 N–H and O–H groups in total. The van der Waals surface area contributed by atoms with Gasteiger partial charge in [0.25, 0.3) is 0 Å². The number of rotatable bonds is 2. The van der Waals surface area contributed by atoms with Crippen LogP contribution in [-0.2, 0) is 0 Å². The molecule has 0 saturated heterocycles. The lowest BCUT2D eigenvalue weighted by Gasteiger charge is -2.13. The maximum atomic E-state index is 6.18. The summed E-state index contributed by atoms with van der Waals surface area (Å²) >= 11 is 1.87. The fraction of sp³-hybridized carbons (Fsp3) is 0. The molecule has 0 amide bonds. The van der Waals surface area contributed by atoms with Crippen molar-refractivity contribution in [2.75, 3.05) is 0 Å². The number of thiophene rings is 1. The van der Waals surface area contributed by atoms with E-state index in [9.17, 15) is 0 Å². The zero-order chi connectivity index (χ0) is 28.8. The largest absolute Gasteiger partial charge is 0.456 e. The molecule has 0 aliphatic heterocycles. The highest BCUT2D eigenvalue weighted by Crippen LogP contribution is 2.42. The third kappa shape index (κ3) is 3.46. The molecular weight excluding hydrogens is 553 g/mol. The van der Waals surface area contributed by atoms with Crippen LogP contribution in [0.1, 0.15) is 0 Å². The minimum Gasteiger partial charge on any atom is -0.456 e. The van der Waals surface area contributed by atoms with Gasteiger partial charge in [0, 0.05) is 30.9 Å². The van der Waals surface area contributed by atoms with Crippen molar-refractivity contribution < 1.29 is 4.42 Å². The lowest BCUT2D eigenvalue weighted by Crippen LogP contribution is -1.86. The summed E-state index contributed by atoms with van der Waals surface area (Å²) in [5.74, 6) is 0. The molecule has 0 saturated carbocycles. The Morgan fingerprint density at radius 3 is 1.80 bits per heavy atom. The summed E-state index contributed by atoms with van der Waals surface area (Å²) in [7, 11) is 0. The summed E-state index contributed by atoms with van der Waals surface area (Å²) in [4.78, 5) is 0. The van der Waals surface area contributed by atoms with Crippen molar-refractivity contribution >= 4 is 85.8 Å². The lowest BCUT2D eigenvalue weighted by atomic mass is 9.91. The Morgan fingerprint density at radius 1 is 0.364 bits per heavy atom. The van der Waals surface area contributed by atoms with Crippen LogP contribution >= 0.6 is 11.3 Å². The summed E-state index contributed by atoms with van der Waals surface area (Å²) < 4.78 is 8.80. The van der Waals surface area contributed by atoms with Gasteiger partial charge in [0.1, 0.15) is 11.2 Å². The fourth-order valence-electron chi connectivity index (χ4n) is 7.15. The fourth-order valence-corrected chi connectivity index (χ4v) is 8.26. The molecular formula is C42H24OS. The SMILES string of the molecule is c1ccc2c(-c3ccc(-c4ccc5sc6cc7c(ccc8oc9ccccc9c87)cc6c5c4)cc3)c3ccccc3cc2c1. The molecule has 2 heteroatoms. The smallest absolute Gasteiger partial charge is 0.136 e. The molecule has 2 aromatic heterocycles. The van der Waals surface area contributed by atoms with Crippen molar-refractivity contribution in [3.05, 3.63) is 146 Å². The van der Waals surface area contributed by atoms with Crippen LogP contribution in [0.5, 0.6) is 0 Å². The number of fused-ring (bicyclic) bond motifs is 10. The Morgan fingerprint density at radius 2 is 1.00 bits per heavy atom. The summed E-state index contributed by atoms with van der Waals surface area (Å²) in [6.45, 7) is 0. The molecule has 0 radical (unpaired) electrons. The predicted octanol–water partition coefficient (Wildman–Crippen LogP) is 12.7. The van der Waals surface area contributed by atoms with E-state index in [1.54, 1.807) is 0 Å². The summed E-state index contributed by atoms with van der Waals surface area (Å²) in [6.07, 6.45) is 0. The maximum absolute atomic E-state index is 6.18. The van der Waals surface area contributed by atoms with Gasteiger partial charge in [-0.05, 0) is 97.0 Å². The highest BCUT2D eigenvalue weighted by molar-refractivity contribution is 7.25. The van der Waals surface area contributed by atoms with E-state index >= 15 is 0 Å². The summed E-state index contributed by atoms with van der Waals surface area (Å²) in [6, 6.07) is 53.1. The molecule has 2 heterocycles.